The molecule has 2 aromatic carbocycles. The number of hydrogen-bond acceptors (Lipinski definition) is 5. The Balaban J connectivity index is 1.45. The van der Waals surface area contributed by atoms with Gasteiger partial charge < -0.3 is 14.3 Å². The first-order chi connectivity index (χ1) is 13.7. The fraction of sp³-hybridized carbons (Fsp3) is 0.190. The molecule has 142 valence electrons. The lowest BCUT2D eigenvalue weighted by Crippen LogP contribution is -2.15. The number of nitrogens with one attached hydrogen (secondary N) is 1. The number of amides is 1. The minimum atomic E-state index is -0.0702. The third-order valence-corrected chi connectivity index (χ3v) is 5.51. The van der Waals surface area contributed by atoms with Crippen molar-refractivity contribution < 1.29 is 9.21 Å². The van der Waals surface area contributed by atoms with Crippen LogP contribution in [0.25, 0.3) is 22.6 Å². The number of carbonyl (C=O) groups is 1. The van der Waals surface area contributed by atoms with Crippen LogP contribution >= 0.6 is 11.8 Å². The molecule has 28 heavy (non-hydrogen) atoms. The summed E-state index contributed by atoms with van der Waals surface area (Å²) in [5.74, 6) is 1.48. The lowest BCUT2D eigenvalue weighted by Gasteiger charge is -2.09. The van der Waals surface area contributed by atoms with E-state index in [0.717, 1.165) is 28.6 Å². The number of furan rings is 1. The van der Waals surface area contributed by atoms with Gasteiger partial charge in [0.05, 0.1) is 5.75 Å². The summed E-state index contributed by atoms with van der Waals surface area (Å²) >= 11 is 1.35. The molecule has 2 aromatic heterocycles. The first kappa shape index (κ1) is 18.3. The van der Waals surface area contributed by atoms with E-state index in [-0.39, 0.29) is 11.7 Å². The van der Waals surface area contributed by atoms with Crippen molar-refractivity contribution in [2.24, 2.45) is 7.05 Å². The second-order valence-corrected chi connectivity index (χ2v) is 7.30. The minimum Gasteiger partial charge on any atom is -0.453 e. The third-order valence-electron chi connectivity index (χ3n) is 4.49. The highest BCUT2D eigenvalue weighted by atomic mass is 32.2. The van der Waals surface area contributed by atoms with E-state index in [0.29, 0.717) is 16.7 Å². The molecular formula is C21H20N4O2S. The van der Waals surface area contributed by atoms with Crippen molar-refractivity contribution in [1.82, 2.24) is 14.8 Å². The molecule has 0 saturated heterocycles. The summed E-state index contributed by atoms with van der Waals surface area (Å²) in [5, 5.41) is 13.1. The Bertz CT molecular complexity index is 1100. The summed E-state index contributed by atoms with van der Waals surface area (Å²) in [6, 6.07) is 17.6. The van der Waals surface area contributed by atoms with Crippen LogP contribution in [0.15, 0.2) is 64.2 Å². The Morgan fingerprint density at radius 1 is 1.14 bits per heavy atom. The maximum Gasteiger partial charge on any atom is 0.234 e. The number of fused-ring (bicyclic) bond motifs is 1. The number of rotatable bonds is 6. The first-order valence-corrected chi connectivity index (χ1v) is 10.0. The largest absolute Gasteiger partial charge is 0.453 e. The van der Waals surface area contributed by atoms with Gasteiger partial charge in [0.25, 0.3) is 0 Å². The second kappa shape index (κ2) is 7.90. The molecule has 0 aliphatic heterocycles. The predicted molar refractivity (Wildman–Crippen MR) is 111 cm³/mol. The highest BCUT2D eigenvalue weighted by molar-refractivity contribution is 7.99. The minimum absolute atomic E-state index is 0.0702. The fourth-order valence-electron chi connectivity index (χ4n) is 3.01. The van der Waals surface area contributed by atoms with E-state index in [2.05, 4.69) is 22.4 Å². The van der Waals surface area contributed by atoms with Crippen LogP contribution < -0.4 is 5.32 Å². The lowest BCUT2D eigenvalue weighted by molar-refractivity contribution is -0.113. The van der Waals surface area contributed by atoms with Gasteiger partial charge in [0.1, 0.15) is 5.58 Å². The van der Waals surface area contributed by atoms with Crippen LogP contribution in [0.2, 0.25) is 0 Å². The number of nitrogens with zero attached hydrogens (tertiary/aromatic N) is 3. The average molecular weight is 392 g/mol. The van der Waals surface area contributed by atoms with Crippen LogP contribution in [-0.2, 0) is 18.3 Å². The van der Waals surface area contributed by atoms with E-state index in [9.17, 15) is 4.79 Å². The zero-order chi connectivity index (χ0) is 19.5. The van der Waals surface area contributed by atoms with Crippen LogP contribution in [0.5, 0.6) is 0 Å². The molecule has 0 saturated carbocycles. The van der Waals surface area contributed by atoms with Crippen molar-refractivity contribution >= 4 is 34.3 Å². The molecule has 1 amide bonds. The molecule has 0 unspecified atom stereocenters. The molecule has 0 aliphatic rings. The van der Waals surface area contributed by atoms with Crippen molar-refractivity contribution in [3.8, 4) is 11.6 Å². The number of anilines is 1. The number of aryl methyl sites for hydroxylation is 1. The van der Waals surface area contributed by atoms with E-state index in [1.54, 1.807) is 0 Å². The van der Waals surface area contributed by atoms with Crippen molar-refractivity contribution in [3.63, 3.8) is 0 Å². The number of thioether (sulfide) groups is 1. The summed E-state index contributed by atoms with van der Waals surface area (Å²) in [5.41, 5.74) is 2.78. The van der Waals surface area contributed by atoms with Gasteiger partial charge in [-0.15, -0.1) is 10.2 Å². The van der Waals surface area contributed by atoms with Crippen LogP contribution in [0.1, 0.15) is 12.5 Å². The SMILES string of the molecule is CCc1ccccc1NC(=O)CSc1nnc(-c2cc3ccccc3o2)n1C. The van der Waals surface area contributed by atoms with Gasteiger partial charge in [-0.1, -0.05) is 55.1 Å². The molecule has 1 N–H and O–H groups in total. The normalized spacial score (nSPS) is 11.1. The van der Waals surface area contributed by atoms with Gasteiger partial charge in [0, 0.05) is 18.1 Å². The quantitative estimate of drug-likeness (QED) is 0.488. The monoisotopic (exact) mass is 392 g/mol. The summed E-state index contributed by atoms with van der Waals surface area (Å²) in [6.07, 6.45) is 0.869. The highest BCUT2D eigenvalue weighted by Crippen LogP contribution is 2.28. The van der Waals surface area contributed by atoms with Gasteiger partial charge >= 0.3 is 0 Å². The summed E-state index contributed by atoms with van der Waals surface area (Å²) in [7, 11) is 1.87. The van der Waals surface area contributed by atoms with Crippen LogP contribution in [0.4, 0.5) is 5.69 Å². The number of hydrogen-bond donors (Lipinski definition) is 1. The standard InChI is InChI=1S/C21H20N4O2S/c1-3-14-8-4-6-10-16(14)22-19(26)13-28-21-24-23-20(25(21)2)18-12-15-9-5-7-11-17(15)27-18/h4-12H,3,13H2,1-2H3,(H,22,26). The maximum absolute atomic E-state index is 12.4. The summed E-state index contributed by atoms with van der Waals surface area (Å²) in [6.45, 7) is 2.07. The van der Waals surface area contributed by atoms with Crippen molar-refractivity contribution in [3.05, 3.63) is 60.2 Å². The smallest absolute Gasteiger partial charge is 0.234 e. The van der Waals surface area contributed by atoms with E-state index in [1.165, 1.54) is 11.8 Å². The van der Waals surface area contributed by atoms with Gasteiger partial charge in [-0.25, -0.2) is 0 Å². The van der Waals surface area contributed by atoms with Crippen molar-refractivity contribution in [2.45, 2.75) is 18.5 Å². The number of para-hydroxylation sites is 2. The molecule has 4 aromatic rings. The molecule has 0 fully saturated rings. The predicted octanol–water partition coefficient (Wildman–Crippen LogP) is 4.52. The number of aromatic nitrogens is 3. The Hall–Kier alpha value is -3.06. The fourth-order valence-corrected chi connectivity index (χ4v) is 3.73. The molecule has 2 heterocycles. The Morgan fingerprint density at radius 2 is 1.93 bits per heavy atom. The Kier molecular flexibility index (Phi) is 5.16. The second-order valence-electron chi connectivity index (χ2n) is 6.36. The van der Waals surface area contributed by atoms with Crippen LogP contribution in [-0.4, -0.2) is 26.4 Å². The maximum atomic E-state index is 12.4. The van der Waals surface area contributed by atoms with Crippen molar-refractivity contribution in [1.29, 1.82) is 0 Å². The topological polar surface area (TPSA) is 73.0 Å². The molecule has 0 bridgehead atoms. The molecule has 6 nitrogen and oxygen atoms in total. The molecule has 0 atom stereocenters. The highest BCUT2D eigenvalue weighted by Gasteiger charge is 2.16. The van der Waals surface area contributed by atoms with Gasteiger partial charge in [-0.3, -0.25) is 4.79 Å². The van der Waals surface area contributed by atoms with E-state index in [1.807, 2.05) is 66.2 Å². The zero-order valence-corrected chi connectivity index (χ0v) is 16.5. The Morgan fingerprint density at radius 3 is 2.75 bits per heavy atom. The zero-order valence-electron chi connectivity index (χ0n) is 15.7. The lowest BCUT2D eigenvalue weighted by atomic mass is 10.1. The molecule has 0 aliphatic carbocycles. The van der Waals surface area contributed by atoms with Crippen molar-refractivity contribution in [2.75, 3.05) is 11.1 Å². The third kappa shape index (κ3) is 3.66. The van der Waals surface area contributed by atoms with Gasteiger partial charge in [0.15, 0.2) is 16.7 Å². The first-order valence-electron chi connectivity index (χ1n) is 9.04. The average Bonchev–Trinajstić information content (AvgIpc) is 3.29. The molecular weight excluding hydrogens is 372 g/mol. The van der Waals surface area contributed by atoms with Crippen LogP contribution in [0.3, 0.4) is 0 Å². The molecule has 0 spiro atoms. The van der Waals surface area contributed by atoms with Gasteiger partial charge in [-0.2, -0.15) is 0 Å². The van der Waals surface area contributed by atoms with E-state index in [4.69, 9.17) is 4.42 Å². The Labute approximate surface area is 167 Å². The summed E-state index contributed by atoms with van der Waals surface area (Å²) < 4.78 is 7.71. The molecule has 0 radical (unpaired) electrons. The number of benzene rings is 2. The van der Waals surface area contributed by atoms with E-state index < -0.39 is 0 Å². The van der Waals surface area contributed by atoms with E-state index >= 15 is 0 Å². The van der Waals surface area contributed by atoms with Gasteiger partial charge in [0.2, 0.25) is 5.91 Å². The van der Waals surface area contributed by atoms with Gasteiger partial charge in [-0.05, 0) is 30.2 Å². The molecule has 4 rings (SSSR count). The van der Waals surface area contributed by atoms with Crippen LogP contribution in [0, 0.1) is 0 Å². The number of carbonyl (C=O) groups excluding carboxylic acids is 1. The molecule has 7 heteroatoms. The summed E-state index contributed by atoms with van der Waals surface area (Å²) in [4.78, 5) is 12.4.